The van der Waals surface area contributed by atoms with Gasteiger partial charge in [-0.05, 0) is 30.7 Å². The maximum absolute atomic E-state index is 13.8. The first-order chi connectivity index (χ1) is 15.8. The Morgan fingerprint density at radius 2 is 2.12 bits per heavy atom. The summed E-state index contributed by atoms with van der Waals surface area (Å²) in [7, 11) is 0. The summed E-state index contributed by atoms with van der Waals surface area (Å²) in [5, 5.41) is 20.6. The molecule has 1 aliphatic rings. The number of pyridine rings is 1. The van der Waals surface area contributed by atoms with Crippen LogP contribution in [0.3, 0.4) is 0 Å². The van der Waals surface area contributed by atoms with Gasteiger partial charge < -0.3 is 10.4 Å². The molecule has 0 radical (unpaired) electrons. The van der Waals surface area contributed by atoms with Gasteiger partial charge in [0.1, 0.15) is 17.3 Å². The third-order valence-corrected chi connectivity index (χ3v) is 7.38. The number of carboxylic acid groups (broad SMARTS) is 1. The normalized spacial score (nSPS) is 17.1. The first-order valence-electron chi connectivity index (χ1n) is 11.3. The maximum atomic E-state index is 13.8. The van der Waals surface area contributed by atoms with E-state index in [0.717, 1.165) is 38.3 Å². The van der Waals surface area contributed by atoms with Gasteiger partial charge in [-0.25, -0.2) is 19.3 Å². The second kappa shape index (κ2) is 8.88. The molecule has 9 heteroatoms. The molecular weight excluding hydrogens is 423 g/mol. The van der Waals surface area contributed by atoms with Gasteiger partial charge in [0.15, 0.2) is 11.5 Å². The molecule has 4 rings (SSSR count). The molecule has 33 heavy (non-hydrogen) atoms. The Morgan fingerprint density at radius 3 is 2.79 bits per heavy atom. The molecule has 8 nitrogen and oxygen atoms in total. The third-order valence-electron chi connectivity index (χ3n) is 7.38. The lowest BCUT2D eigenvalue weighted by Crippen LogP contribution is -2.45. The first kappa shape index (κ1) is 22.8. The molecular formula is C24H29FN6O2. The maximum Gasteiger partial charge on any atom is 0.303 e. The van der Waals surface area contributed by atoms with Gasteiger partial charge in [-0.15, -0.1) is 0 Å². The molecule has 3 heterocycles. The second-order valence-electron chi connectivity index (χ2n) is 9.15. The molecule has 0 amide bonds. The number of anilines is 1. The van der Waals surface area contributed by atoms with Gasteiger partial charge in [0.05, 0.1) is 18.0 Å². The Labute approximate surface area is 191 Å². The molecule has 1 unspecified atom stereocenters. The third kappa shape index (κ3) is 4.19. The summed E-state index contributed by atoms with van der Waals surface area (Å²) in [4.78, 5) is 24.9. The molecule has 0 aromatic carbocycles. The van der Waals surface area contributed by atoms with E-state index in [1.807, 2.05) is 0 Å². The Kier molecular flexibility index (Phi) is 6.14. The van der Waals surface area contributed by atoms with E-state index in [0.29, 0.717) is 40.5 Å². The van der Waals surface area contributed by atoms with Crippen molar-refractivity contribution in [3.63, 3.8) is 0 Å². The van der Waals surface area contributed by atoms with E-state index in [4.69, 9.17) is 0 Å². The Balaban J connectivity index is 1.70. The molecule has 1 fully saturated rings. The van der Waals surface area contributed by atoms with Crippen molar-refractivity contribution in [2.24, 2.45) is 10.8 Å². The van der Waals surface area contributed by atoms with Crippen LogP contribution in [0.25, 0.3) is 28.6 Å². The van der Waals surface area contributed by atoms with E-state index in [1.165, 1.54) is 6.07 Å². The number of H-pyrrole nitrogens is 1. The highest BCUT2D eigenvalue weighted by Gasteiger charge is 2.49. The van der Waals surface area contributed by atoms with Crippen molar-refractivity contribution in [3.05, 3.63) is 36.4 Å². The van der Waals surface area contributed by atoms with Crippen molar-refractivity contribution in [3.8, 4) is 11.5 Å². The number of nitrogens with zero attached hydrogens (tertiary/aromatic N) is 4. The molecule has 3 N–H and O–H groups in total. The molecule has 3 aromatic heterocycles. The van der Waals surface area contributed by atoms with Gasteiger partial charge in [0.2, 0.25) is 0 Å². The number of nitrogens with one attached hydrogen (secondary N) is 2. The van der Waals surface area contributed by atoms with Gasteiger partial charge >= 0.3 is 5.97 Å². The lowest BCUT2D eigenvalue weighted by atomic mass is 9.60. The van der Waals surface area contributed by atoms with Crippen LogP contribution in [0.5, 0.6) is 0 Å². The van der Waals surface area contributed by atoms with E-state index in [9.17, 15) is 14.3 Å². The fourth-order valence-corrected chi connectivity index (χ4v) is 5.24. The molecule has 1 atom stereocenters. The zero-order valence-corrected chi connectivity index (χ0v) is 19.0. The molecule has 0 bridgehead atoms. The number of rotatable bonds is 9. The van der Waals surface area contributed by atoms with Gasteiger partial charge in [0, 0.05) is 23.7 Å². The quantitative estimate of drug-likeness (QED) is 0.415. The van der Waals surface area contributed by atoms with E-state index in [-0.39, 0.29) is 11.8 Å². The lowest BCUT2D eigenvalue weighted by molar-refractivity contribution is -0.142. The minimum absolute atomic E-state index is 0.0693. The van der Waals surface area contributed by atoms with Gasteiger partial charge in [-0.1, -0.05) is 39.3 Å². The SMILES string of the molecule is C=Cc1cnc(-c2[nH]nc3ncc(F)cc23)nc1NCC(CC)(CC(=O)O)C1(C)CCCC1. The van der Waals surface area contributed by atoms with Crippen molar-refractivity contribution < 1.29 is 14.3 Å². The van der Waals surface area contributed by atoms with Crippen LogP contribution in [-0.2, 0) is 4.79 Å². The number of aliphatic carboxylic acids is 1. The highest BCUT2D eigenvalue weighted by atomic mass is 19.1. The molecule has 0 spiro atoms. The van der Waals surface area contributed by atoms with E-state index < -0.39 is 17.2 Å². The lowest BCUT2D eigenvalue weighted by Gasteiger charge is -2.46. The Hall–Kier alpha value is -3.36. The van der Waals surface area contributed by atoms with Crippen molar-refractivity contribution in [1.29, 1.82) is 0 Å². The van der Waals surface area contributed by atoms with Crippen molar-refractivity contribution in [2.75, 3.05) is 11.9 Å². The first-order valence-corrected chi connectivity index (χ1v) is 11.3. The summed E-state index contributed by atoms with van der Waals surface area (Å²) >= 11 is 0. The average Bonchev–Trinajstić information content (AvgIpc) is 3.43. The summed E-state index contributed by atoms with van der Waals surface area (Å²) < 4.78 is 13.8. The van der Waals surface area contributed by atoms with Crippen LogP contribution >= 0.6 is 0 Å². The number of aromatic amines is 1. The number of carboxylic acids is 1. The van der Waals surface area contributed by atoms with Crippen LogP contribution in [0.4, 0.5) is 10.2 Å². The van der Waals surface area contributed by atoms with E-state index in [1.54, 1.807) is 12.3 Å². The number of aromatic nitrogens is 5. The largest absolute Gasteiger partial charge is 0.481 e. The number of halogens is 1. The van der Waals surface area contributed by atoms with Crippen LogP contribution < -0.4 is 5.32 Å². The molecule has 1 aliphatic carbocycles. The highest BCUT2D eigenvalue weighted by molar-refractivity contribution is 5.89. The number of carbonyl (C=O) groups is 1. The van der Waals surface area contributed by atoms with Crippen LogP contribution in [0.1, 0.15) is 57.9 Å². The standard InChI is InChI=1S/C24H29FN6O2/c1-4-15-12-26-22(19-17-10-16(25)13-27-21(17)31-30-19)29-20(15)28-14-24(5-2,11-18(32)33)23(3)8-6-7-9-23/h4,10,12-13H,1,5-9,11,14H2,2-3H3,(H,32,33)(H,26,28,29)(H,27,30,31). The monoisotopic (exact) mass is 452 g/mol. The van der Waals surface area contributed by atoms with Crippen LogP contribution in [-0.4, -0.2) is 42.8 Å². The molecule has 174 valence electrons. The predicted molar refractivity (Wildman–Crippen MR) is 125 cm³/mol. The fourth-order valence-electron chi connectivity index (χ4n) is 5.24. The minimum Gasteiger partial charge on any atom is -0.481 e. The number of fused-ring (bicyclic) bond motifs is 1. The van der Waals surface area contributed by atoms with Crippen LogP contribution in [0.15, 0.2) is 25.0 Å². The average molecular weight is 453 g/mol. The zero-order chi connectivity index (χ0) is 23.6. The second-order valence-corrected chi connectivity index (χ2v) is 9.15. The van der Waals surface area contributed by atoms with Crippen LogP contribution in [0.2, 0.25) is 0 Å². The fraction of sp³-hybridized carbons (Fsp3) is 0.458. The molecule has 1 saturated carbocycles. The van der Waals surface area contributed by atoms with Crippen LogP contribution in [0, 0.1) is 16.6 Å². The summed E-state index contributed by atoms with van der Waals surface area (Å²) in [5.41, 5.74) is 1.04. The number of hydrogen-bond acceptors (Lipinski definition) is 6. The topological polar surface area (TPSA) is 117 Å². The molecule has 0 saturated heterocycles. The highest BCUT2D eigenvalue weighted by Crippen LogP contribution is 2.55. The predicted octanol–water partition coefficient (Wildman–Crippen LogP) is 5.06. The minimum atomic E-state index is -0.794. The summed E-state index contributed by atoms with van der Waals surface area (Å²) in [6.07, 6.45) is 9.48. The Bertz CT molecular complexity index is 1190. The van der Waals surface area contributed by atoms with Crippen molar-refractivity contribution in [2.45, 2.75) is 52.4 Å². The van der Waals surface area contributed by atoms with Crippen molar-refractivity contribution in [1.82, 2.24) is 25.1 Å². The van der Waals surface area contributed by atoms with E-state index in [2.05, 4.69) is 50.9 Å². The molecule has 0 aliphatic heterocycles. The summed E-state index contributed by atoms with van der Waals surface area (Å²) in [6, 6.07) is 1.34. The summed E-state index contributed by atoms with van der Waals surface area (Å²) in [5.74, 6) is -0.382. The summed E-state index contributed by atoms with van der Waals surface area (Å²) in [6.45, 7) is 8.59. The smallest absolute Gasteiger partial charge is 0.303 e. The zero-order valence-electron chi connectivity index (χ0n) is 19.0. The van der Waals surface area contributed by atoms with E-state index >= 15 is 0 Å². The van der Waals surface area contributed by atoms with Gasteiger partial charge in [0.25, 0.3) is 0 Å². The Morgan fingerprint density at radius 1 is 1.36 bits per heavy atom. The van der Waals surface area contributed by atoms with Gasteiger partial charge in [-0.3, -0.25) is 9.89 Å². The molecule has 3 aromatic rings. The number of hydrogen-bond donors (Lipinski definition) is 3. The van der Waals surface area contributed by atoms with Crippen molar-refractivity contribution >= 4 is 28.9 Å². The van der Waals surface area contributed by atoms with Gasteiger partial charge in [-0.2, -0.15) is 5.10 Å².